The summed E-state index contributed by atoms with van der Waals surface area (Å²) in [4.78, 5) is 9.12. The first-order chi connectivity index (χ1) is 9.70. The zero-order valence-electron chi connectivity index (χ0n) is 11.0. The molecule has 1 unspecified atom stereocenters. The van der Waals surface area contributed by atoms with Crippen LogP contribution in [0, 0.1) is 9.49 Å². The normalized spacial score (nSPS) is 16.1. The Bertz CT molecular complexity index is 617. The maximum atomic E-state index is 6.28. The summed E-state index contributed by atoms with van der Waals surface area (Å²) < 4.78 is 6.44. The van der Waals surface area contributed by atoms with Gasteiger partial charge in [0.2, 0.25) is 0 Å². The molecule has 1 saturated carbocycles. The van der Waals surface area contributed by atoms with E-state index in [1.54, 1.807) is 7.11 Å². The number of ether oxygens (including phenoxy) is 1. The topological polar surface area (TPSA) is 35.0 Å². The third-order valence-corrected chi connectivity index (χ3v) is 5.05. The van der Waals surface area contributed by atoms with Crippen molar-refractivity contribution >= 4 is 34.2 Å². The molecule has 1 fully saturated rings. The molecule has 0 amide bonds. The number of hydrogen-bond acceptors (Lipinski definition) is 3. The smallest absolute Gasteiger partial charge is 0.159 e. The van der Waals surface area contributed by atoms with E-state index in [-0.39, 0.29) is 6.10 Å². The molecular weight excluding hydrogens is 387 g/mol. The average Bonchev–Trinajstić information content (AvgIpc) is 3.29. The lowest BCUT2D eigenvalue weighted by atomic mass is 10.1. The molecule has 0 spiro atoms. The van der Waals surface area contributed by atoms with E-state index in [9.17, 15) is 0 Å². The van der Waals surface area contributed by atoms with Crippen molar-refractivity contribution in [2.45, 2.75) is 18.9 Å². The molecule has 1 aromatic carbocycles. The van der Waals surface area contributed by atoms with Gasteiger partial charge in [-0.2, -0.15) is 0 Å². The van der Waals surface area contributed by atoms with Crippen molar-refractivity contribution in [1.29, 1.82) is 0 Å². The van der Waals surface area contributed by atoms with Crippen LogP contribution in [-0.4, -0.2) is 17.1 Å². The number of aromatic nitrogens is 2. The van der Waals surface area contributed by atoms with Crippen molar-refractivity contribution in [3.63, 3.8) is 0 Å². The summed E-state index contributed by atoms with van der Waals surface area (Å²) in [7, 11) is 1.71. The van der Waals surface area contributed by atoms with Gasteiger partial charge in [0.1, 0.15) is 11.3 Å². The lowest BCUT2D eigenvalue weighted by Gasteiger charge is -2.15. The van der Waals surface area contributed by atoms with Gasteiger partial charge < -0.3 is 4.74 Å². The molecule has 1 heterocycles. The monoisotopic (exact) mass is 400 g/mol. The first-order valence-electron chi connectivity index (χ1n) is 6.52. The van der Waals surface area contributed by atoms with E-state index in [2.05, 4.69) is 27.6 Å². The summed E-state index contributed by atoms with van der Waals surface area (Å²) >= 11 is 8.48. The Morgan fingerprint density at radius 3 is 2.55 bits per heavy atom. The first kappa shape index (κ1) is 14.2. The van der Waals surface area contributed by atoms with Crippen LogP contribution in [0.15, 0.2) is 30.3 Å². The molecule has 104 valence electrons. The van der Waals surface area contributed by atoms with Gasteiger partial charge in [-0.05, 0) is 41.4 Å². The van der Waals surface area contributed by atoms with Gasteiger partial charge in [-0.3, -0.25) is 0 Å². The molecule has 3 rings (SSSR count). The summed E-state index contributed by atoms with van der Waals surface area (Å²) in [5.41, 5.74) is 1.93. The van der Waals surface area contributed by atoms with E-state index in [4.69, 9.17) is 21.3 Å². The Kier molecular flexibility index (Phi) is 4.23. The minimum Gasteiger partial charge on any atom is -0.373 e. The maximum Gasteiger partial charge on any atom is 0.159 e. The number of rotatable bonds is 4. The summed E-state index contributed by atoms with van der Waals surface area (Å²) in [6.45, 7) is 0. The summed E-state index contributed by atoms with van der Waals surface area (Å²) in [5, 5.41) is 0.497. The zero-order chi connectivity index (χ0) is 14.1. The molecule has 0 bridgehead atoms. The van der Waals surface area contributed by atoms with E-state index in [1.807, 2.05) is 30.3 Å². The van der Waals surface area contributed by atoms with Crippen LogP contribution in [0.3, 0.4) is 0 Å². The fourth-order valence-electron chi connectivity index (χ4n) is 2.26. The van der Waals surface area contributed by atoms with Crippen LogP contribution in [0.2, 0.25) is 5.15 Å². The van der Waals surface area contributed by atoms with Gasteiger partial charge in [0.25, 0.3) is 0 Å². The van der Waals surface area contributed by atoms with Gasteiger partial charge in [-0.15, -0.1) is 0 Å². The van der Waals surface area contributed by atoms with E-state index < -0.39 is 0 Å². The fraction of sp³-hybridized carbons (Fsp3) is 0.333. The molecule has 1 aromatic heterocycles. The average molecular weight is 401 g/mol. The highest BCUT2D eigenvalue weighted by Crippen LogP contribution is 2.42. The SMILES string of the molecule is COC(c1nc(Cl)c(I)c(-c2ccccc2)n1)C1CC1. The van der Waals surface area contributed by atoms with E-state index in [0.717, 1.165) is 14.8 Å². The lowest BCUT2D eigenvalue weighted by molar-refractivity contribution is 0.0773. The van der Waals surface area contributed by atoms with Crippen LogP contribution in [0.4, 0.5) is 0 Å². The summed E-state index contributed by atoms with van der Waals surface area (Å²) in [6.07, 6.45) is 2.30. The van der Waals surface area contributed by atoms with Crippen molar-refractivity contribution in [3.8, 4) is 11.3 Å². The number of halogens is 2. The van der Waals surface area contributed by atoms with Crippen LogP contribution in [-0.2, 0) is 4.74 Å². The second-order valence-electron chi connectivity index (χ2n) is 4.89. The molecule has 0 aliphatic heterocycles. The Labute approximate surface area is 136 Å². The maximum absolute atomic E-state index is 6.28. The predicted molar refractivity (Wildman–Crippen MR) is 87.7 cm³/mol. The molecule has 3 nitrogen and oxygen atoms in total. The van der Waals surface area contributed by atoms with Gasteiger partial charge in [-0.1, -0.05) is 41.9 Å². The highest BCUT2D eigenvalue weighted by Gasteiger charge is 2.35. The van der Waals surface area contributed by atoms with Gasteiger partial charge in [0.15, 0.2) is 5.82 Å². The lowest BCUT2D eigenvalue weighted by Crippen LogP contribution is -2.10. The van der Waals surface area contributed by atoms with E-state index in [0.29, 0.717) is 16.9 Å². The molecule has 1 aliphatic carbocycles. The van der Waals surface area contributed by atoms with Gasteiger partial charge in [0, 0.05) is 12.7 Å². The quantitative estimate of drug-likeness (QED) is 0.560. The number of benzene rings is 1. The zero-order valence-corrected chi connectivity index (χ0v) is 13.9. The van der Waals surface area contributed by atoms with Crippen molar-refractivity contribution in [1.82, 2.24) is 9.97 Å². The molecule has 1 aliphatic rings. The second kappa shape index (κ2) is 5.95. The van der Waals surface area contributed by atoms with Crippen LogP contribution < -0.4 is 0 Å². The third kappa shape index (κ3) is 2.82. The Morgan fingerprint density at radius 2 is 1.95 bits per heavy atom. The second-order valence-corrected chi connectivity index (χ2v) is 6.33. The molecule has 0 saturated heterocycles. The van der Waals surface area contributed by atoms with Crippen LogP contribution in [0.25, 0.3) is 11.3 Å². The first-order valence-corrected chi connectivity index (χ1v) is 7.97. The van der Waals surface area contributed by atoms with Crippen molar-refractivity contribution in [2.24, 2.45) is 5.92 Å². The van der Waals surface area contributed by atoms with Crippen LogP contribution >= 0.6 is 34.2 Å². The largest absolute Gasteiger partial charge is 0.373 e. The third-order valence-electron chi connectivity index (χ3n) is 3.43. The molecule has 20 heavy (non-hydrogen) atoms. The summed E-state index contributed by atoms with van der Waals surface area (Å²) in [5.74, 6) is 1.22. The highest BCUT2D eigenvalue weighted by molar-refractivity contribution is 14.1. The summed E-state index contributed by atoms with van der Waals surface area (Å²) in [6, 6.07) is 10.0. The van der Waals surface area contributed by atoms with Gasteiger partial charge in [0.05, 0.1) is 9.26 Å². The van der Waals surface area contributed by atoms with Crippen LogP contribution in [0.1, 0.15) is 24.8 Å². The number of nitrogens with zero attached hydrogens (tertiary/aromatic N) is 2. The molecule has 0 radical (unpaired) electrons. The van der Waals surface area contributed by atoms with E-state index >= 15 is 0 Å². The van der Waals surface area contributed by atoms with Crippen molar-refractivity contribution < 1.29 is 4.74 Å². The molecule has 1 atom stereocenters. The standard InChI is InChI=1S/C15H14ClIN2O/c1-20-13(10-7-8-10)15-18-12(11(17)14(16)19-15)9-5-3-2-4-6-9/h2-6,10,13H,7-8H2,1H3. The molecule has 2 aromatic rings. The Balaban J connectivity index is 2.08. The predicted octanol–water partition coefficient (Wildman–Crippen LogP) is 4.50. The fourth-order valence-corrected chi connectivity index (χ4v) is 2.99. The molecular formula is C15H14ClIN2O. The van der Waals surface area contributed by atoms with Gasteiger partial charge in [-0.25, -0.2) is 9.97 Å². The molecule has 5 heteroatoms. The highest BCUT2D eigenvalue weighted by atomic mass is 127. The number of methoxy groups -OCH3 is 1. The minimum atomic E-state index is -0.0491. The van der Waals surface area contributed by atoms with Crippen molar-refractivity contribution in [3.05, 3.63) is 44.9 Å². The van der Waals surface area contributed by atoms with Gasteiger partial charge >= 0.3 is 0 Å². The van der Waals surface area contributed by atoms with Crippen molar-refractivity contribution in [2.75, 3.05) is 7.11 Å². The van der Waals surface area contributed by atoms with Crippen LogP contribution in [0.5, 0.6) is 0 Å². The van der Waals surface area contributed by atoms with E-state index in [1.165, 1.54) is 12.8 Å². The minimum absolute atomic E-state index is 0.0491. The Morgan fingerprint density at radius 1 is 1.25 bits per heavy atom. The number of hydrogen-bond donors (Lipinski definition) is 0. The molecule has 0 N–H and O–H groups in total. The Hall–Kier alpha value is -0.720.